The summed E-state index contributed by atoms with van der Waals surface area (Å²) >= 11 is 0. The third-order valence-electron chi connectivity index (χ3n) is 3.26. The molecular weight excluding hydrogens is 268 g/mol. The number of nitrogens with one attached hydrogen (secondary N) is 1. The van der Waals surface area contributed by atoms with E-state index in [1.807, 2.05) is 13.8 Å². The van der Waals surface area contributed by atoms with E-state index >= 15 is 0 Å². The minimum atomic E-state index is 0.301. The molecule has 0 amide bonds. The average Bonchev–Trinajstić information content (AvgIpc) is 2.49. The second-order valence-electron chi connectivity index (χ2n) is 4.88. The van der Waals surface area contributed by atoms with Gasteiger partial charge in [0.2, 0.25) is 5.95 Å². The maximum Gasteiger partial charge on any atom is 0.324 e. The Hall–Kier alpha value is -1.85. The van der Waals surface area contributed by atoms with Crippen molar-refractivity contribution in [3.63, 3.8) is 0 Å². The molecule has 1 heterocycles. The molecule has 0 saturated carbocycles. The first-order valence-electron chi connectivity index (χ1n) is 7.75. The van der Waals surface area contributed by atoms with Gasteiger partial charge in [0.25, 0.3) is 0 Å². The Morgan fingerprint density at radius 3 is 2.33 bits per heavy atom. The minimum absolute atomic E-state index is 0.301. The third kappa shape index (κ3) is 5.21. The molecule has 0 spiro atoms. The van der Waals surface area contributed by atoms with E-state index in [2.05, 4.69) is 26.3 Å². The maximum atomic E-state index is 5.34. The van der Waals surface area contributed by atoms with Crippen LogP contribution in [0, 0.1) is 0 Å². The zero-order chi connectivity index (χ0) is 14.9. The van der Waals surface area contributed by atoms with E-state index in [4.69, 9.17) is 9.47 Å². The van der Waals surface area contributed by atoms with Gasteiger partial charge in [-0.3, -0.25) is 0 Å². The topological polar surface area (TPSA) is 69.2 Å². The first-order valence-corrected chi connectivity index (χ1v) is 7.75. The number of anilines is 1. The second kappa shape index (κ2) is 8.44. The molecule has 0 saturated heterocycles. The Bertz CT molecular complexity index is 452. The van der Waals surface area contributed by atoms with Crippen molar-refractivity contribution in [2.24, 2.45) is 0 Å². The van der Waals surface area contributed by atoms with E-state index in [1.165, 1.54) is 31.3 Å². The van der Waals surface area contributed by atoms with Crippen LogP contribution in [0.15, 0.2) is 11.6 Å². The summed E-state index contributed by atoms with van der Waals surface area (Å²) in [6.07, 6.45) is 8.44. The van der Waals surface area contributed by atoms with Gasteiger partial charge in [0.1, 0.15) is 0 Å². The zero-order valence-electron chi connectivity index (χ0n) is 12.9. The van der Waals surface area contributed by atoms with Crippen LogP contribution in [0.4, 0.5) is 5.95 Å². The largest absolute Gasteiger partial charge is 0.464 e. The Morgan fingerprint density at radius 2 is 1.76 bits per heavy atom. The van der Waals surface area contributed by atoms with E-state index in [0.717, 1.165) is 13.0 Å². The van der Waals surface area contributed by atoms with E-state index in [9.17, 15) is 0 Å². The van der Waals surface area contributed by atoms with Gasteiger partial charge in [-0.15, -0.1) is 4.98 Å². The van der Waals surface area contributed by atoms with Gasteiger partial charge >= 0.3 is 12.0 Å². The number of allylic oxidation sites excluding steroid dienone is 1. The van der Waals surface area contributed by atoms with Crippen molar-refractivity contribution in [3.05, 3.63) is 11.6 Å². The lowest BCUT2D eigenvalue weighted by molar-refractivity contribution is 0.280. The molecule has 1 aromatic heterocycles. The predicted molar refractivity (Wildman–Crippen MR) is 81.8 cm³/mol. The van der Waals surface area contributed by atoms with E-state index in [0.29, 0.717) is 31.2 Å². The van der Waals surface area contributed by atoms with Crippen LogP contribution in [0.3, 0.4) is 0 Å². The van der Waals surface area contributed by atoms with Crippen LogP contribution in [-0.4, -0.2) is 34.7 Å². The van der Waals surface area contributed by atoms with Gasteiger partial charge in [0, 0.05) is 6.54 Å². The van der Waals surface area contributed by atoms with E-state index in [-0.39, 0.29) is 0 Å². The highest BCUT2D eigenvalue weighted by Crippen LogP contribution is 2.20. The lowest BCUT2D eigenvalue weighted by atomic mass is 9.97. The molecule has 0 aliphatic heterocycles. The zero-order valence-corrected chi connectivity index (χ0v) is 12.9. The highest BCUT2D eigenvalue weighted by Gasteiger charge is 2.08. The van der Waals surface area contributed by atoms with Crippen LogP contribution >= 0.6 is 0 Å². The Labute approximate surface area is 126 Å². The summed E-state index contributed by atoms with van der Waals surface area (Å²) in [5.41, 5.74) is 1.53. The molecule has 1 aromatic rings. The van der Waals surface area contributed by atoms with Gasteiger partial charge in [-0.1, -0.05) is 11.6 Å². The van der Waals surface area contributed by atoms with Crippen molar-refractivity contribution in [3.8, 4) is 12.0 Å². The van der Waals surface area contributed by atoms with Gasteiger partial charge in [0.15, 0.2) is 0 Å². The van der Waals surface area contributed by atoms with Crippen molar-refractivity contribution < 1.29 is 9.47 Å². The number of hydrogen-bond donors (Lipinski definition) is 1. The molecule has 1 N–H and O–H groups in total. The average molecular weight is 292 g/mol. The maximum absolute atomic E-state index is 5.34. The fraction of sp³-hybridized carbons (Fsp3) is 0.667. The molecule has 1 aliphatic carbocycles. The van der Waals surface area contributed by atoms with Crippen LogP contribution in [0.1, 0.15) is 46.0 Å². The molecule has 0 radical (unpaired) electrons. The molecule has 2 rings (SSSR count). The first-order chi connectivity index (χ1) is 10.3. The monoisotopic (exact) mass is 292 g/mol. The van der Waals surface area contributed by atoms with Crippen LogP contribution in [0.25, 0.3) is 0 Å². The molecule has 0 bridgehead atoms. The third-order valence-corrected chi connectivity index (χ3v) is 3.26. The van der Waals surface area contributed by atoms with Crippen molar-refractivity contribution in [2.75, 3.05) is 25.1 Å². The lowest BCUT2D eigenvalue weighted by Crippen LogP contribution is -2.11. The van der Waals surface area contributed by atoms with Gasteiger partial charge in [-0.25, -0.2) is 0 Å². The van der Waals surface area contributed by atoms with Gasteiger partial charge in [-0.2, -0.15) is 9.97 Å². The van der Waals surface area contributed by atoms with Crippen molar-refractivity contribution >= 4 is 5.95 Å². The quantitative estimate of drug-likeness (QED) is 0.743. The fourth-order valence-electron chi connectivity index (χ4n) is 2.27. The first kappa shape index (κ1) is 15.5. The fourth-order valence-corrected chi connectivity index (χ4v) is 2.27. The highest BCUT2D eigenvalue weighted by molar-refractivity contribution is 5.28. The number of nitrogens with zero attached hydrogens (tertiary/aromatic N) is 3. The Balaban J connectivity index is 1.92. The lowest BCUT2D eigenvalue weighted by Gasteiger charge is -2.13. The molecule has 21 heavy (non-hydrogen) atoms. The molecule has 6 nitrogen and oxygen atoms in total. The summed E-state index contributed by atoms with van der Waals surface area (Å²) in [7, 11) is 0. The normalized spacial score (nSPS) is 14.5. The Morgan fingerprint density at radius 1 is 1.05 bits per heavy atom. The highest BCUT2D eigenvalue weighted by atomic mass is 16.5. The number of ether oxygens (including phenoxy) is 2. The summed E-state index contributed by atoms with van der Waals surface area (Å²) in [6.45, 7) is 5.64. The molecule has 0 unspecified atom stereocenters. The van der Waals surface area contributed by atoms with E-state index in [1.54, 1.807) is 0 Å². The van der Waals surface area contributed by atoms with Crippen LogP contribution < -0.4 is 14.8 Å². The smallest absolute Gasteiger partial charge is 0.324 e. The Kier molecular flexibility index (Phi) is 6.24. The number of hydrogen-bond acceptors (Lipinski definition) is 6. The summed E-state index contributed by atoms with van der Waals surface area (Å²) in [5, 5.41) is 3.23. The molecule has 0 fully saturated rings. The summed E-state index contributed by atoms with van der Waals surface area (Å²) < 4.78 is 10.7. The van der Waals surface area contributed by atoms with Gasteiger partial charge in [-0.05, 0) is 46.0 Å². The van der Waals surface area contributed by atoms with Crippen LogP contribution in [0.2, 0.25) is 0 Å². The standard InChI is InChI=1S/C15H24N4O2/c1-3-20-14-17-13(18-15(19-14)21-4-2)16-11-10-12-8-6-5-7-9-12/h8H,3-7,9-11H2,1-2H3,(H,16,17,18,19). The summed E-state index contributed by atoms with van der Waals surface area (Å²) in [4.78, 5) is 12.6. The predicted octanol–water partition coefficient (Wildman–Crippen LogP) is 2.97. The number of rotatable bonds is 8. The van der Waals surface area contributed by atoms with Gasteiger partial charge in [0.05, 0.1) is 13.2 Å². The SMILES string of the molecule is CCOc1nc(NCCC2=CCCCC2)nc(OCC)n1. The van der Waals surface area contributed by atoms with E-state index < -0.39 is 0 Å². The molecule has 6 heteroatoms. The summed E-state index contributed by atoms with van der Waals surface area (Å²) in [6, 6.07) is 0.602. The molecule has 0 aromatic carbocycles. The van der Waals surface area contributed by atoms with Gasteiger partial charge < -0.3 is 14.8 Å². The molecule has 116 valence electrons. The van der Waals surface area contributed by atoms with Crippen molar-refractivity contribution in [1.82, 2.24) is 15.0 Å². The molecule has 0 atom stereocenters. The van der Waals surface area contributed by atoms with Crippen LogP contribution in [-0.2, 0) is 0 Å². The van der Waals surface area contributed by atoms with Crippen molar-refractivity contribution in [2.45, 2.75) is 46.0 Å². The molecule has 1 aliphatic rings. The minimum Gasteiger partial charge on any atom is -0.464 e. The second-order valence-corrected chi connectivity index (χ2v) is 4.88. The summed E-state index contributed by atoms with van der Waals surface area (Å²) in [5.74, 6) is 0.508. The molecular formula is C15H24N4O2. The number of aromatic nitrogens is 3. The van der Waals surface area contributed by atoms with Crippen molar-refractivity contribution in [1.29, 1.82) is 0 Å². The van der Waals surface area contributed by atoms with Crippen LogP contribution in [0.5, 0.6) is 12.0 Å².